The van der Waals surface area contributed by atoms with E-state index in [4.69, 9.17) is 0 Å². The Morgan fingerprint density at radius 2 is 2.00 bits per heavy atom. The molecule has 1 aliphatic heterocycles. The van der Waals surface area contributed by atoms with Gasteiger partial charge in [0.1, 0.15) is 0 Å². The van der Waals surface area contributed by atoms with Crippen molar-refractivity contribution in [2.24, 2.45) is 11.8 Å². The first-order chi connectivity index (χ1) is 11.1. The Morgan fingerprint density at radius 1 is 1.30 bits per heavy atom. The highest BCUT2D eigenvalue weighted by Gasteiger charge is 2.39. The van der Waals surface area contributed by atoms with Gasteiger partial charge in [0.25, 0.3) is 0 Å². The summed E-state index contributed by atoms with van der Waals surface area (Å²) in [5, 5.41) is 0. The zero-order chi connectivity index (χ0) is 16.4. The lowest BCUT2D eigenvalue weighted by Crippen LogP contribution is -2.41. The van der Waals surface area contributed by atoms with Crippen molar-refractivity contribution in [1.29, 1.82) is 0 Å². The van der Waals surface area contributed by atoms with Gasteiger partial charge in [-0.05, 0) is 37.7 Å². The number of rotatable bonds is 6. The van der Waals surface area contributed by atoms with E-state index in [0.29, 0.717) is 31.5 Å². The highest BCUT2D eigenvalue weighted by Crippen LogP contribution is 2.35. The summed E-state index contributed by atoms with van der Waals surface area (Å²) in [4.78, 5) is 28.6. The number of likely N-dealkylation sites (tertiary alicyclic amines) is 1. The second kappa shape index (κ2) is 6.73. The molecular weight excluding hydrogens is 288 g/mol. The zero-order valence-corrected chi connectivity index (χ0v) is 14.1. The predicted molar refractivity (Wildman–Crippen MR) is 89.8 cm³/mol. The van der Waals surface area contributed by atoms with Crippen LogP contribution in [0, 0.1) is 11.8 Å². The maximum Gasteiger partial charge on any atom is 0.227 e. The first-order valence-corrected chi connectivity index (χ1v) is 8.64. The Morgan fingerprint density at radius 3 is 2.65 bits per heavy atom. The van der Waals surface area contributed by atoms with E-state index in [9.17, 15) is 9.59 Å². The second-order valence-electron chi connectivity index (χ2n) is 7.00. The lowest BCUT2D eigenvalue weighted by atomic mass is 10.1. The Hall–Kier alpha value is -1.84. The van der Waals surface area contributed by atoms with E-state index in [1.54, 1.807) is 0 Å². The van der Waals surface area contributed by atoms with Crippen LogP contribution in [0.25, 0.3) is 0 Å². The minimum Gasteiger partial charge on any atom is -0.342 e. The molecule has 2 atom stereocenters. The molecule has 4 nitrogen and oxygen atoms in total. The molecule has 23 heavy (non-hydrogen) atoms. The molecule has 2 fully saturated rings. The van der Waals surface area contributed by atoms with Gasteiger partial charge in [-0.15, -0.1) is 0 Å². The lowest BCUT2D eigenvalue weighted by molar-refractivity contribution is -0.136. The van der Waals surface area contributed by atoms with Crippen LogP contribution in [0.2, 0.25) is 0 Å². The Kier molecular flexibility index (Phi) is 4.69. The number of nitrogens with zero attached hydrogens (tertiary/aromatic N) is 2. The number of benzene rings is 1. The smallest absolute Gasteiger partial charge is 0.227 e. The monoisotopic (exact) mass is 314 g/mol. The third-order valence-corrected chi connectivity index (χ3v) is 5.34. The van der Waals surface area contributed by atoms with Crippen LogP contribution in [-0.4, -0.2) is 47.8 Å². The molecule has 1 saturated heterocycles. The first-order valence-electron chi connectivity index (χ1n) is 8.64. The SMILES string of the molecule is CC(C1CC1)N(C)C(=O)C1CC(=O)N(CCc2ccccc2)C1. The third kappa shape index (κ3) is 3.74. The molecule has 124 valence electrons. The fourth-order valence-corrected chi connectivity index (χ4v) is 3.45. The number of carbonyl (C=O) groups excluding carboxylic acids is 2. The van der Waals surface area contributed by atoms with Gasteiger partial charge in [0, 0.05) is 32.6 Å². The highest BCUT2D eigenvalue weighted by molar-refractivity contribution is 5.89. The molecule has 4 heteroatoms. The minimum atomic E-state index is -0.163. The molecule has 0 radical (unpaired) electrons. The summed E-state index contributed by atoms with van der Waals surface area (Å²) in [7, 11) is 1.89. The molecule has 2 unspecified atom stereocenters. The van der Waals surface area contributed by atoms with Crippen molar-refractivity contribution in [3.8, 4) is 0 Å². The molecule has 1 heterocycles. The van der Waals surface area contributed by atoms with Crippen molar-refractivity contribution in [3.05, 3.63) is 35.9 Å². The number of carbonyl (C=O) groups is 2. The Labute approximate surface area is 138 Å². The number of hydrogen-bond donors (Lipinski definition) is 0. The topological polar surface area (TPSA) is 40.6 Å². The van der Waals surface area contributed by atoms with E-state index in [0.717, 1.165) is 6.42 Å². The average Bonchev–Trinajstić information content (AvgIpc) is 3.35. The van der Waals surface area contributed by atoms with Crippen LogP contribution in [0.4, 0.5) is 0 Å². The Balaban J connectivity index is 1.53. The highest BCUT2D eigenvalue weighted by atomic mass is 16.2. The van der Waals surface area contributed by atoms with E-state index in [1.165, 1.54) is 18.4 Å². The van der Waals surface area contributed by atoms with Gasteiger partial charge < -0.3 is 9.80 Å². The summed E-state index contributed by atoms with van der Waals surface area (Å²) in [6.45, 7) is 3.40. The van der Waals surface area contributed by atoms with E-state index in [2.05, 4.69) is 19.1 Å². The first kappa shape index (κ1) is 16.0. The van der Waals surface area contributed by atoms with E-state index < -0.39 is 0 Å². The second-order valence-corrected chi connectivity index (χ2v) is 7.00. The molecule has 2 aliphatic rings. The molecule has 0 N–H and O–H groups in total. The van der Waals surface area contributed by atoms with Crippen LogP contribution in [-0.2, 0) is 16.0 Å². The summed E-state index contributed by atoms with van der Waals surface area (Å²) in [5.41, 5.74) is 1.23. The maximum atomic E-state index is 12.6. The molecule has 0 spiro atoms. The quantitative estimate of drug-likeness (QED) is 0.808. The van der Waals surface area contributed by atoms with Gasteiger partial charge in [0.15, 0.2) is 0 Å². The standard InChI is InChI=1S/C19H26N2O2/c1-14(16-8-9-16)20(2)19(23)17-12-18(22)21(13-17)11-10-15-6-4-3-5-7-15/h3-7,14,16-17H,8-13H2,1-2H3. The number of amides is 2. The molecule has 1 saturated carbocycles. The number of hydrogen-bond acceptors (Lipinski definition) is 2. The average molecular weight is 314 g/mol. The fraction of sp³-hybridized carbons (Fsp3) is 0.579. The van der Waals surface area contributed by atoms with Gasteiger partial charge in [-0.3, -0.25) is 9.59 Å². The van der Waals surface area contributed by atoms with E-state index in [-0.39, 0.29) is 17.7 Å². The largest absolute Gasteiger partial charge is 0.342 e. The predicted octanol–water partition coefficient (Wildman–Crippen LogP) is 2.33. The molecule has 0 aromatic heterocycles. The van der Waals surface area contributed by atoms with Crippen LogP contribution < -0.4 is 0 Å². The fourth-order valence-electron chi connectivity index (χ4n) is 3.45. The normalized spacial score (nSPS) is 22.3. The van der Waals surface area contributed by atoms with Gasteiger partial charge >= 0.3 is 0 Å². The molecule has 3 rings (SSSR count). The van der Waals surface area contributed by atoms with E-state index in [1.807, 2.05) is 35.0 Å². The molecule has 1 aromatic rings. The van der Waals surface area contributed by atoms with Crippen molar-refractivity contribution in [2.75, 3.05) is 20.1 Å². The molecular formula is C19H26N2O2. The summed E-state index contributed by atoms with van der Waals surface area (Å²) >= 11 is 0. The van der Waals surface area contributed by atoms with Crippen LogP contribution in [0.3, 0.4) is 0 Å². The third-order valence-electron chi connectivity index (χ3n) is 5.34. The maximum absolute atomic E-state index is 12.6. The van der Waals surface area contributed by atoms with Crippen LogP contribution in [0.5, 0.6) is 0 Å². The van der Waals surface area contributed by atoms with Crippen molar-refractivity contribution in [1.82, 2.24) is 9.80 Å². The molecule has 0 bridgehead atoms. The van der Waals surface area contributed by atoms with Gasteiger partial charge in [-0.1, -0.05) is 30.3 Å². The molecule has 1 aliphatic carbocycles. The van der Waals surface area contributed by atoms with Crippen molar-refractivity contribution < 1.29 is 9.59 Å². The lowest BCUT2D eigenvalue weighted by Gasteiger charge is -2.27. The van der Waals surface area contributed by atoms with Gasteiger partial charge in [0.2, 0.25) is 11.8 Å². The van der Waals surface area contributed by atoms with Crippen LogP contribution in [0.15, 0.2) is 30.3 Å². The molecule has 1 aromatic carbocycles. The zero-order valence-electron chi connectivity index (χ0n) is 14.1. The summed E-state index contributed by atoms with van der Waals surface area (Å²) in [6.07, 6.45) is 3.67. The van der Waals surface area contributed by atoms with Crippen LogP contribution in [0.1, 0.15) is 31.7 Å². The van der Waals surface area contributed by atoms with Gasteiger partial charge in [-0.25, -0.2) is 0 Å². The molecule has 2 amide bonds. The van der Waals surface area contributed by atoms with Crippen molar-refractivity contribution in [2.45, 2.75) is 38.6 Å². The van der Waals surface area contributed by atoms with Crippen molar-refractivity contribution in [3.63, 3.8) is 0 Å². The van der Waals surface area contributed by atoms with Crippen LogP contribution >= 0.6 is 0 Å². The summed E-state index contributed by atoms with van der Waals surface area (Å²) in [6, 6.07) is 10.5. The van der Waals surface area contributed by atoms with Gasteiger partial charge in [-0.2, -0.15) is 0 Å². The minimum absolute atomic E-state index is 0.117. The van der Waals surface area contributed by atoms with Crippen molar-refractivity contribution >= 4 is 11.8 Å². The van der Waals surface area contributed by atoms with E-state index >= 15 is 0 Å². The summed E-state index contributed by atoms with van der Waals surface area (Å²) < 4.78 is 0. The summed E-state index contributed by atoms with van der Waals surface area (Å²) in [5.74, 6) is 0.756. The Bertz CT molecular complexity index is 568. The van der Waals surface area contributed by atoms with Gasteiger partial charge in [0.05, 0.1) is 5.92 Å².